The molecule has 2 aromatic rings. The van der Waals surface area contributed by atoms with E-state index in [0.717, 1.165) is 48.9 Å². The Balaban J connectivity index is 1.36. The number of likely N-dealkylation sites (N-methyl/N-ethyl adjacent to an activating group) is 1. The van der Waals surface area contributed by atoms with E-state index < -0.39 is 5.41 Å². The molecule has 6 heteroatoms. The maximum atomic E-state index is 13.4. The number of amides is 2. The number of hydrogen-bond donors (Lipinski definition) is 2. The van der Waals surface area contributed by atoms with Gasteiger partial charge in [-0.2, -0.15) is 5.26 Å². The van der Waals surface area contributed by atoms with Crippen molar-refractivity contribution >= 4 is 17.5 Å². The first-order valence-corrected chi connectivity index (χ1v) is 12.2. The second-order valence-electron chi connectivity index (χ2n) is 10.4. The normalized spacial score (nSPS) is 27.5. The molecule has 0 bridgehead atoms. The van der Waals surface area contributed by atoms with Gasteiger partial charge in [-0.15, -0.1) is 0 Å². The molecule has 5 rings (SSSR count). The molecule has 2 heterocycles. The Bertz CT molecular complexity index is 1180. The highest BCUT2D eigenvalue weighted by molar-refractivity contribution is 6.04. The average molecular weight is 457 g/mol. The summed E-state index contributed by atoms with van der Waals surface area (Å²) in [7, 11) is 1.94. The van der Waals surface area contributed by atoms with E-state index in [4.69, 9.17) is 0 Å². The summed E-state index contributed by atoms with van der Waals surface area (Å²) in [5.74, 6) is 0.190. The number of fused-ring (bicyclic) bond motifs is 1. The van der Waals surface area contributed by atoms with Gasteiger partial charge in [0.1, 0.15) is 0 Å². The molecule has 2 amide bonds. The van der Waals surface area contributed by atoms with Crippen LogP contribution in [0.3, 0.4) is 0 Å². The van der Waals surface area contributed by atoms with Gasteiger partial charge in [0.15, 0.2) is 0 Å². The van der Waals surface area contributed by atoms with E-state index in [1.54, 1.807) is 6.07 Å². The number of nitrogens with one attached hydrogen (secondary N) is 2. The monoisotopic (exact) mass is 456 g/mol. The molecule has 0 spiro atoms. The van der Waals surface area contributed by atoms with E-state index in [1.165, 1.54) is 0 Å². The van der Waals surface area contributed by atoms with Crippen molar-refractivity contribution in [3.05, 3.63) is 64.7 Å². The van der Waals surface area contributed by atoms with Crippen molar-refractivity contribution in [3.8, 4) is 6.07 Å². The van der Waals surface area contributed by atoms with Gasteiger partial charge in [0.05, 0.1) is 17.4 Å². The van der Waals surface area contributed by atoms with Crippen LogP contribution in [0.15, 0.2) is 42.5 Å². The number of likely N-dealkylation sites (tertiary alicyclic amines) is 1. The van der Waals surface area contributed by atoms with Gasteiger partial charge < -0.3 is 15.5 Å². The first-order valence-electron chi connectivity index (χ1n) is 12.2. The average Bonchev–Trinajstić information content (AvgIpc) is 3.65. The molecule has 4 atom stereocenters. The number of rotatable bonds is 4. The number of benzene rings is 2. The second kappa shape index (κ2) is 8.56. The molecule has 2 aliphatic heterocycles. The summed E-state index contributed by atoms with van der Waals surface area (Å²) in [6, 6.07) is 16.3. The zero-order valence-electron chi connectivity index (χ0n) is 20.1. The number of aryl methyl sites for hydroxylation is 1. The van der Waals surface area contributed by atoms with Crippen LogP contribution in [0, 0.1) is 24.2 Å². The maximum Gasteiger partial charge on any atom is 0.255 e. The lowest BCUT2D eigenvalue weighted by molar-refractivity contribution is -0.140. The zero-order chi connectivity index (χ0) is 24.0. The summed E-state index contributed by atoms with van der Waals surface area (Å²) in [6.45, 7) is 5.13. The molecule has 1 aliphatic carbocycles. The van der Waals surface area contributed by atoms with Crippen LogP contribution in [-0.2, 0) is 10.2 Å². The predicted molar refractivity (Wildman–Crippen MR) is 132 cm³/mol. The third-order valence-corrected chi connectivity index (χ3v) is 8.10. The van der Waals surface area contributed by atoms with Gasteiger partial charge in [-0.1, -0.05) is 18.2 Å². The fourth-order valence-corrected chi connectivity index (χ4v) is 5.76. The highest BCUT2D eigenvalue weighted by Gasteiger charge is 2.45. The zero-order valence-corrected chi connectivity index (χ0v) is 20.1. The minimum Gasteiger partial charge on any atom is -0.342 e. The van der Waals surface area contributed by atoms with Crippen molar-refractivity contribution in [1.82, 2.24) is 10.2 Å². The van der Waals surface area contributed by atoms with Crippen LogP contribution in [0.5, 0.6) is 0 Å². The minimum atomic E-state index is -0.426. The van der Waals surface area contributed by atoms with E-state index in [1.807, 2.05) is 55.3 Å². The van der Waals surface area contributed by atoms with Crippen LogP contribution in [-0.4, -0.2) is 42.4 Å². The topological polar surface area (TPSA) is 85.2 Å². The lowest BCUT2D eigenvalue weighted by Gasteiger charge is -2.47. The Morgan fingerprint density at radius 2 is 2.00 bits per heavy atom. The molecule has 34 heavy (non-hydrogen) atoms. The second-order valence-corrected chi connectivity index (χ2v) is 10.4. The van der Waals surface area contributed by atoms with E-state index in [2.05, 4.69) is 23.6 Å². The van der Waals surface area contributed by atoms with Gasteiger partial charge in [0, 0.05) is 36.9 Å². The summed E-state index contributed by atoms with van der Waals surface area (Å²) in [5, 5.41) is 16.1. The summed E-state index contributed by atoms with van der Waals surface area (Å²) in [6.07, 6.45) is 3.50. The highest BCUT2D eigenvalue weighted by atomic mass is 16.2. The van der Waals surface area contributed by atoms with E-state index in [0.29, 0.717) is 29.3 Å². The quantitative estimate of drug-likeness (QED) is 0.725. The van der Waals surface area contributed by atoms with E-state index >= 15 is 0 Å². The van der Waals surface area contributed by atoms with Crippen LogP contribution in [0.1, 0.15) is 65.6 Å². The number of hydrogen-bond acceptors (Lipinski definition) is 4. The molecule has 176 valence electrons. The van der Waals surface area contributed by atoms with E-state index in [9.17, 15) is 14.9 Å². The largest absolute Gasteiger partial charge is 0.342 e. The Morgan fingerprint density at radius 3 is 2.74 bits per heavy atom. The first-order chi connectivity index (χ1) is 16.3. The van der Waals surface area contributed by atoms with Crippen LogP contribution in [0.4, 0.5) is 5.69 Å². The van der Waals surface area contributed by atoms with Crippen LogP contribution in [0.25, 0.3) is 0 Å². The van der Waals surface area contributed by atoms with Crippen LogP contribution >= 0.6 is 0 Å². The van der Waals surface area contributed by atoms with Crippen molar-refractivity contribution in [2.75, 3.05) is 18.9 Å². The summed E-state index contributed by atoms with van der Waals surface area (Å²) < 4.78 is 0. The van der Waals surface area contributed by atoms with Crippen molar-refractivity contribution in [1.29, 1.82) is 5.26 Å². The number of nitriles is 1. The lowest BCUT2D eigenvalue weighted by Crippen LogP contribution is -2.57. The summed E-state index contributed by atoms with van der Waals surface area (Å²) >= 11 is 0. The fourth-order valence-electron chi connectivity index (χ4n) is 5.76. The van der Waals surface area contributed by atoms with Crippen molar-refractivity contribution in [2.24, 2.45) is 5.92 Å². The Kier molecular flexibility index (Phi) is 5.69. The highest BCUT2D eigenvalue weighted by Crippen LogP contribution is 2.47. The van der Waals surface area contributed by atoms with Gasteiger partial charge in [-0.25, -0.2) is 0 Å². The molecule has 2 saturated heterocycles. The Morgan fingerprint density at radius 1 is 1.21 bits per heavy atom. The first kappa shape index (κ1) is 22.6. The van der Waals surface area contributed by atoms with Gasteiger partial charge in [-0.3, -0.25) is 9.59 Å². The standard InChI is InChI=1S/C28H32N4O2/c1-17-7-8-22(31-26(33)19-5-4-6-21(12-19)28(16-29)9-10-28)14-23(17)24-13-20-15-30-18(2)11-25(20)32(3)27(24)34/h4-8,12,14,18,20,24-25,30H,9-11,13,15H2,1-3H3,(H,31,33). The molecule has 6 nitrogen and oxygen atoms in total. The molecule has 0 radical (unpaired) electrons. The molecule has 2 N–H and O–H groups in total. The minimum absolute atomic E-state index is 0.167. The predicted octanol–water partition coefficient (Wildman–Crippen LogP) is 4.11. The van der Waals surface area contributed by atoms with Gasteiger partial charge in [-0.05, 0) is 86.4 Å². The molecule has 0 aromatic heterocycles. The van der Waals surface area contributed by atoms with Crippen LogP contribution in [0.2, 0.25) is 0 Å². The van der Waals surface area contributed by atoms with E-state index in [-0.39, 0.29) is 17.7 Å². The number of carbonyl (C=O) groups excluding carboxylic acids is 2. The molecule has 3 aliphatic rings. The number of carbonyl (C=O) groups is 2. The Labute approximate surface area is 201 Å². The van der Waals surface area contributed by atoms with Gasteiger partial charge in [0.25, 0.3) is 5.91 Å². The van der Waals surface area contributed by atoms with Crippen molar-refractivity contribution < 1.29 is 9.59 Å². The fraction of sp³-hybridized carbons (Fsp3) is 0.464. The Hall–Kier alpha value is -3.17. The number of piperidine rings is 2. The van der Waals surface area contributed by atoms with Gasteiger partial charge in [0.2, 0.25) is 5.91 Å². The van der Waals surface area contributed by atoms with Gasteiger partial charge >= 0.3 is 0 Å². The van der Waals surface area contributed by atoms with Crippen molar-refractivity contribution in [3.63, 3.8) is 0 Å². The summed E-state index contributed by atoms with van der Waals surface area (Å²) in [5.41, 5.74) is 3.76. The molecular formula is C28H32N4O2. The molecule has 1 saturated carbocycles. The SMILES string of the molecule is Cc1ccc(NC(=O)c2cccc(C3(C#N)CC3)c2)cc1C1CC2CNC(C)CC2N(C)C1=O. The lowest BCUT2D eigenvalue weighted by atomic mass is 9.75. The molecular weight excluding hydrogens is 424 g/mol. The number of anilines is 1. The van der Waals surface area contributed by atoms with Crippen LogP contribution < -0.4 is 10.6 Å². The molecule has 3 fully saturated rings. The van der Waals surface area contributed by atoms with Crippen molar-refractivity contribution in [2.45, 2.75) is 62.9 Å². The smallest absolute Gasteiger partial charge is 0.255 e. The summed E-state index contributed by atoms with van der Waals surface area (Å²) in [4.78, 5) is 28.3. The maximum absolute atomic E-state index is 13.4. The third kappa shape index (κ3) is 3.99. The number of nitrogens with zero attached hydrogens (tertiary/aromatic N) is 2. The third-order valence-electron chi connectivity index (χ3n) is 8.10. The molecule has 4 unspecified atom stereocenters. The molecule has 2 aromatic carbocycles.